The molecule has 0 aliphatic rings. The van der Waals surface area contributed by atoms with Crippen molar-refractivity contribution in [1.29, 1.82) is 0 Å². The number of carbonyl (C=O) groups excluding carboxylic acids is 2. The Morgan fingerprint density at radius 1 is 1.12 bits per heavy atom. The molecule has 4 nitrogen and oxygen atoms in total. The van der Waals surface area contributed by atoms with Gasteiger partial charge in [-0.25, -0.2) is 0 Å². The van der Waals surface area contributed by atoms with Crippen molar-refractivity contribution < 1.29 is 9.59 Å². The molecule has 0 atom stereocenters. The van der Waals surface area contributed by atoms with Crippen LogP contribution in [0.5, 0.6) is 0 Å². The van der Waals surface area contributed by atoms with Crippen LogP contribution >= 0.6 is 15.9 Å². The number of rotatable bonds is 7. The van der Waals surface area contributed by atoms with Crippen molar-refractivity contribution >= 4 is 33.4 Å². The van der Waals surface area contributed by atoms with Gasteiger partial charge in [0, 0.05) is 36.6 Å². The summed E-state index contributed by atoms with van der Waals surface area (Å²) in [7, 11) is 0. The zero-order chi connectivity index (χ0) is 18.2. The quantitative estimate of drug-likeness (QED) is 0.746. The van der Waals surface area contributed by atoms with Gasteiger partial charge in [-0.3, -0.25) is 9.59 Å². The molecular weight excluding hydrogens is 380 g/mol. The fourth-order valence-electron chi connectivity index (χ4n) is 2.59. The smallest absolute Gasteiger partial charge is 0.224 e. The molecule has 0 saturated heterocycles. The van der Waals surface area contributed by atoms with Gasteiger partial charge in [-0.2, -0.15) is 0 Å². The van der Waals surface area contributed by atoms with Gasteiger partial charge in [-0.1, -0.05) is 46.3 Å². The van der Waals surface area contributed by atoms with Crippen molar-refractivity contribution in [3.63, 3.8) is 0 Å². The first-order valence-corrected chi connectivity index (χ1v) is 9.16. The van der Waals surface area contributed by atoms with E-state index < -0.39 is 0 Å². The summed E-state index contributed by atoms with van der Waals surface area (Å²) in [6, 6.07) is 15.6. The first-order valence-electron chi connectivity index (χ1n) is 8.37. The highest BCUT2D eigenvalue weighted by atomic mass is 79.9. The minimum Gasteiger partial charge on any atom is -0.339 e. The molecule has 0 radical (unpaired) electrons. The standard InChI is InChI=1S/C20H23BrN2O2/c1-3-23(15(2)24)14-16-7-6-9-18(13-16)22-20(25)12-11-17-8-4-5-10-19(17)21/h4-10,13H,3,11-12,14H2,1-2H3,(H,22,25). The van der Waals surface area contributed by atoms with E-state index in [9.17, 15) is 9.59 Å². The monoisotopic (exact) mass is 402 g/mol. The summed E-state index contributed by atoms with van der Waals surface area (Å²) >= 11 is 3.50. The number of nitrogens with zero attached hydrogens (tertiary/aromatic N) is 1. The summed E-state index contributed by atoms with van der Waals surface area (Å²) in [6.07, 6.45) is 1.10. The number of hydrogen-bond acceptors (Lipinski definition) is 2. The number of amides is 2. The molecule has 0 saturated carbocycles. The Kier molecular flexibility index (Phi) is 7.19. The van der Waals surface area contributed by atoms with E-state index in [2.05, 4.69) is 21.2 Å². The molecule has 2 aromatic rings. The van der Waals surface area contributed by atoms with Crippen LogP contribution in [0.1, 0.15) is 31.4 Å². The van der Waals surface area contributed by atoms with Crippen LogP contribution in [0, 0.1) is 0 Å². The van der Waals surface area contributed by atoms with E-state index in [0.717, 1.165) is 21.3 Å². The highest BCUT2D eigenvalue weighted by molar-refractivity contribution is 9.10. The van der Waals surface area contributed by atoms with Gasteiger partial charge in [0.15, 0.2) is 0 Å². The molecule has 0 spiro atoms. The number of aryl methyl sites for hydroxylation is 1. The third kappa shape index (κ3) is 6.02. The van der Waals surface area contributed by atoms with E-state index in [-0.39, 0.29) is 11.8 Å². The van der Waals surface area contributed by atoms with E-state index >= 15 is 0 Å². The van der Waals surface area contributed by atoms with E-state index in [0.29, 0.717) is 25.9 Å². The fourth-order valence-corrected chi connectivity index (χ4v) is 3.07. The third-order valence-corrected chi connectivity index (χ3v) is 4.76. The fraction of sp³-hybridized carbons (Fsp3) is 0.300. The van der Waals surface area contributed by atoms with Gasteiger partial charge in [0.05, 0.1) is 0 Å². The van der Waals surface area contributed by atoms with Crippen molar-refractivity contribution in [2.75, 3.05) is 11.9 Å². The molecular formula is C20H23BrN2O2. The van der Waals surface area contributed by atoms with Crippen LogP contribution in [0.15, 0.2) is 53.0 Å². The number of carbonyl (C=O) groups is 2. The number of halogens is 1. The normalized spacial score (nSPS) is 10.4. The van der Waals surface area contributed by atoms with Crippen molar-refractivity contribution in [3.8, 4) is 0 Å². The maximum Gasteiger partial charge on any atom is 0.224 e. The van der Waals surface area contributed by atoms with Crippen molar-refractivity contribution in [1.82, 2.24) is 4.90 Å². The summed E-state index contributed by atoms with van der Waals surface area (Å²) in [4.78, 5) is 25.5. The lowest BCUT2D eigenvalue weighted by Crippen LogP contribution is -2.27. The van der Waals surface area contributed by atoms with Crippen molar-refractivity contribution in [2.45, 2.75) is 33.2 Å². The Morgan fingerprint density at radius 2 is 1.88 bits per heavy atom. The zero-order valence-electron chi connectivity index (χ0n) is 14.6. The van der Waals surface area contributed by atoms with E-state index in [4.69, 9.17) is 0 Å². The van der Waals surface area contributed by atoms with Crippen LogP contribution < -0.4 is 5.32 Å². The predicted octanol–water partition coefficient (Wildman–Crippen LogP) is 4.39. The molecule has 0 aromatic heterocycles. The van der Waals surface area contributed by atoms with Crippen LogP contribution in [0.3, 0.4) is 0 Å². The van der Waals surface area contributed by atoms with E-state index in [1.165, 1.54) is 0 Å². The molecule has 0 bridgehead atoms. The van der Waals surface area contributed by atoms with Gasteiger partial charge in [0.2, 0.25) is 11.8 Å². The minimum atomic E-state index is -0.0215. The molecule has 2 amide bonds. The molecule has 0 heterocycles. The van der Waals surface area contributed by atoms with Gasteiger partial charge < -0.3 is 10.2 Å². The van der Waals surface area contributed by atoms with Gasteiger partial charge in [-0.15, -0.1) is 0 Å². The average Bonchev–Trinajstić information content (AvgIpc) is 2.59. The Hall–Kier alpha value is -2.14. The molecule has 2 rings (SSSR count). The second-order valence-electron chi connectivity index (χ2n) is 5.87. The van der Waals surface area contributed by atoms with Crippen LogP contribution in [0.25, 0.3) is 0 Å². The zero-order valence-corrected chi connectivity index (χ0v) is 16.2. The molecule has 1 N–H and O–H groups in total. The van der Waals surface area contributed by atoms with Crippen molar-refractivity contribution in [3.05, 3.63) is 64.1 Å². The first-order chi connectivity index (χ1) is 12.0. The number of hydrogen-bond donors (Lipinski definition) is 1. The van der Waals surface area contributed by atoms with Crippen LogP contribution in [-0.4, -0.2) is 23.3 Å². The number of benzene rings is 2. The summed E-state index contributed by atoms with van der Waals surface area (Å²) in [5.74, 6) is 0.0252. The maximum atomic E-state index is 12.2. The molecule has 132 valence electrons. The Labute approximate surface area is 157 Å². The summed E-state index contributed by atoms with van der Waals surface area (Å²) in [5, 5.41) is 2.93. The summed E-state index contributed by atoms with van der Waals surface area (Å²) < 4.78 is 1.02. The summed E-state index contributed by atoms with van der Waals surface area (Å²) in [5.41, 5.74) is 2.88. The highest BCUT2D eigenvalue weighted by Gasteiger charge is 2.09. The lowest BCUT2D eigenvalue weighted by atomic mass is 10.1. The van der Waals surface area contributed by atoms with Crippen molar-refractivity contribution in [2.24, 2.45) is 0 Å². The van der Waals surface area contributed by atoms with Gasteiger partial charge >= 0.3 is 0 Å². The largest absolute Gasteiger partial charge is 0.339 e. The number of anilines is 1. The molecule has 0 unspecified atom stereocenters. The molecule has 5 heteroatoms. The Bertz CT molecular complexity index is 746. The number of nitrogens with one attached hydrogen (secondary N) is 1. The third-order valence-electron chi connectivity index (χ3n) is 3.99. The van der Waals surface area contributed by atoms with E-state index in [1.54, 1.807) is 11.8 Å². The lowest BCUT2D eigenvalue weighted by Gasteiger charge is -2.19. The molecule has 0 aliphatic carbocycles. The second kappa shape index (κ2) is 9.37. The van der Waals surface area contributed by atoms with Gasteiger partial charge in [0.25, 0.3) is 0 Å². The minimum absolute atomic E-state index is 0.0215. The van der Waals surface area contributed by atoms with Crippen LogP contribution in [0.4, 0.5) is 5.69 Å². The topological polar surface area (TPSA) is 49.4 Å². The highest BCUT2D eigenvalue weighted by Crippen LogP contribution is 2.18. The predicted molar refractivity (Wildman–Crippen MR) is 104 cm³/mol. The average molecular weight is 403 g/mol. The lowest BCUT2D eigenvalue weighted by molar-refractivity contribution is -0.129. The molecule has 25 heavy (non-hydrogen) atoms. The Morgan fingerprint density at radius 3 is 2.56 bits per heavy atom. The van der Waals surface area contributed by atoms with Crippen LogP contribution in [0.2, 0.25) is 0 Å². The second-order valence-corrected chi connectivity index (χ2v) is 6.73. The first kappa shape index (κ1) is 19.2. The molecule has 2 aromatic carbocycles. The maximum absolute atomic E-state index is 12.2. The molecule has 0 fully saturated rings. The van der Waals surface area contributed by atoms with E-state index in [1.807, 2.05) is 55.5 Å². The van der Waals surface area contributed by atoms with Gasteiger partial charge in [-0.05, 0) is 42.7 Å². The summed E-state index contributed by atoms with van der Waals surface area (Å²) in [6.45, 7) is 4.73. The van der Waals surface area contributed by atoms with Crippen LogP contribution in [-0.2, 0) is 22.6 Å². The Balaban J connectivity index is 1.93. The SMILES string of the molecule is CCN(Cc1cccc(NC(=O)CCc2ccccc2Br)c1)C(C)=O. The molecule has 0 aliphatic heterocycles. The van der Waals surface area contributed by atoms with Gasteiger partial charge in [0.1, 0.15) is 0 Å².